The Hall–Kier alpha value is -1.07. The lowest BCUT2D eigenvalue weighted by molar-refractivity contribution is -0.138. The number of hydrogen-bond acceptors (Lipinski definition) is 4. The van der Waals surface area contributed by atoms with Crippen LogP contribution in [0.1, 0.15) is 5.56 Å². The number of carbonyl (C=O) groups excluding carboxylic acids is 1. The summed E-state index contributed by atoms with van der Waals surface area (Å²) in [5.41, 5.74) is 1.54. The minimum absolute atomic E-state index is 0.0505. The lowest BCUT2D eigenvalue weighted by Crippen LogP contribution is -2.15. The number of halogens is 1. The molecular formula is C11H14ClNO3S. The van der Waals surface area contributed by atoms with Gasteiger partial charge in [-0.05, 0) is 17.7 Å². The molecule has 0 spiro atoms. The number of ether oxygens (including phenoxy) is 1. The monoisotopic (exact) mass is 275 g/mol. The van der Waals surface area contributed by atoms with E-state index >= 15 is 0 Å². The molecule has 0 radical (unpaired) electrons. The first-order valence-electron chi connectivity index (χ1n) is 4.92. The van der Waals surface area contributed by atoms with Crippen molar-refractivity contribution in [3.63, 3.8) is 0 Å². The molecule has 0 amide bonds. The summed E-state index contributed by atoms with van der Waals surface area (Å²) in [6, 6.07) is 5.31. The minimum Gasteiger partial charge on any atom is -0.468 e. The van der Waals surface area contributed by atoms with Gasteiger partial charge in [0, 0.05) is 22.8 Å². The molecule has 0 bridgehead atoms. The van der Waals surface area contributed by atoms with Crippen LogP contribution in [-0.2, 0) is 26.1 Å². The van der Waals surface area contributed by atoms with Crippen molar-refractivity contribution in [3.05, 3.63) is 28.8 Å². The summed E-state index contributed by atoms with van der Waals surface area (Å²) in [4.78, 5) is 11.0. The number of esters is 1. The maximum absolute atomic E-state index is 11.1. The van der Waals surface area contributed by atoms with Crippen LogP contribution < -0.4 is 5.32 Å². The van der Waals surface area contributed by atoms with Gasteiger partial charge in [0.15, 0.2) is 0 Å². The normalized spacial score (nSPS) is 11.9. The summed E-state index contributed by atoms with van der Waals surface area (Å²) >= 11 is 5.97. The molecule has 0 aliphatic carbocycles. The summed E-state index contributed by atoms with van der Waals surface area (Å²) in [6.45, 7) is 0.0505. The van der Waals surface area contributed by atoms with Crippen molar-refractivity contribution in [3.8, 4) is 0 Å². The molecule has 0 heterocycles. The maximum atomic E-state index is 11.1. The third-order valence-electron chi connectivity index (χ3n) is 2.05. The second-order valence-electron chi connectivity index (χ2n) is 3.46. The van der Waals surface area contributed by atoms with Crippen molar-refractivity contribution in [2.45, 2.75) is 5.75 Å². The van der Waals surface area contributed by atoms with E-state index in [0.29, 0.717) is 16.5 Å². The lowest BCUT2D eigenvalue weighted by Gasteiger charge is -2.09. The Morgan fingerprint density at radius 1 is 1.53 bits per heavy atom. The van der Waals surface area contributed by atoms with E-state index in [0.717, 1.165) is 5.56 Å². The summed E-state index contributed by atoms with van der Waals surface area (Å²) in [5, 5.41) is 3.39. The smallest absolute Gasteiger partial charge is 0.325 e. The zero-order chi connectivity index (χ0) is 12.8. The van der Waals surface area contributed by atoms with E-state index in [4.69, 9.17) is 11.6 Å². The van der Waals surface area contributed by atoms with E-state index < -0.39 is 10.8 Å². The first-order chi connectivity index (χ1) is 8.02. The molecular weight excluding hydrogens is 262 g/mol. The fourth-order valence-corrected chi connectivity index (χ4v) is 2.11. The van der Waals surface area contributed by atoms with Gasteiger partial charge in [0.05, 0.1) is 17.8 Å². The first kappa shape index (κ1) is 14.0. The maximum Gasteiger partial charge on any atom is 0.325 e. The van der Waals surface area contributed by atoms with Gasteiger partial charge in [-0.15, -0.1) is 0 Å². The van der Waals surface area contributed by atoms with Crippen LogP contribution in [0.25, 0.3) is 0 Å². The van der Waals surface area contributed by atoms with Crippen LogP contribution in [0, 0.1) is 0 Å². The summed E-state index contributed by atoms with van der Waals surface area (Å²) in [6.07, 6.45) is 1.64. The average molecular weight is 276 g/mol. The third-order valence-corrected chi connectivity index (χ3v) is 3.12. The van der Waals surface area contributed by atoms with Crippen LogP contribution in [0.3, 0.4) is 0 Å². The van der Waals surface area contributed by atoms with Crippen LogP contribution >= 0.6 is 11.6 Å². The number of rotatable bonds is 5. The van der Waals surface area contributed by atoms with Gasteiger partial charge in [0.2, 0.25) is 0 Å². The molecule has 4 nitrogen and oxygen atoms in total. The number of carbonyl (C=O) groups is 1. The van der Waals surface area contributed by atoms with Crippen molar-refractivity contribution in [2.75, 3.05) is 25.2 Å². The van der Waals surface area contributed by atoms with Crippen LogP contribution in [0.2, 0.25) is 5.02 Å². The highest BCUT2D eigenvalue weighted by Crippen LogP contribution is 2.23. The van der Waals surface area contributed by atoms with Gasteiger partial charge >= 0.3 is 5.97 Å². The van der Waals surface area contributed by atoms with Crippen LogP contribution in [0.4, 0.5) is 5.69 Å². The Labute approximate surface area is 108 Å². The molecule has 1 aromatic carbocycles. The molecule has 17 heavy (non-hydrogen) atoms. The molecule has 1 atom stereocenters. The first-order valence-corrected chi connectivity index (χ1v) is 7.02. The highest BCUT2D eigenvalue weighted by molar-refractivity contribution is 7.83. The van der Waals surface area contributed by atoms with Gasteiger partial charge in [-0.2, -0.15) is 0 Å². The fraction of sp³-hybridized carbons (Fsp3) is 0.364. The molecule has 94 valence electrons. The molecule has 0 fully saturated rings. The number of anilines is 1. The fourth-order valence-electron chi connectivity index (χ4n) is 1.27. The lowest BCUT2D eigenvalue weighted by atomic mass is 10.2. The highest BCUT2D eigenvalue weighted by atomic mass is 35.5. The topological polar surface area (TPSA) is 55.4 Å². The van der Waals surface area contributed by atoms with Gasteiger partial charge in [0.25, 0.3) is 0 Å². The zero-order valence-electron chi connectivity index (χ0n) is 9.66. The molecule has 1 N–H and O–H groups in total. The molecule has 6 heteroatoms. The van der Waals surface area contributed by atoms with Crippen molar-refractivity contribution in [1.82, 2.24) is 0 Å². The van der Waals surface area contributed by atoms with Gasteiger partial charge in [0.1, 0.15) is 6.54 Å². The number of hydrogen-bond donors (Lipinski definition) is 1. The van der Waals surface area contributed by atoms with E-state index in [9.17, 15) is 9.00 Å². The van der Waals surface area contributed by atoms with E-state index in [2.05, 4.69) is 10.1 Å². The Morgan fingerprint density at radius 2 is 2.24 bits per heavy atom. The summed E-state index contributed by atoms with van der Waals surface area (Å²) in [5.74, 6) is 0.0925. The van der Waals surface area contributed by atoms with Gasteiger partial charge in [-0.25, -0.2) is 0 Å². The molecule has 0 aromatic heterocycles. The molecule has 0 aliphatic heterocycles. The Kier molecular flexibility index (Phi) is 5.44. The van der Waals surface area contributed by atoms with E-state index in [1.807, 2.05) is 6.07 Å². The van der Waals surface area contributed by atoms with E-state index in [1.165, 1.54) is 7.11 Å². The summed E-state index contributed by atoms with van der Waals surface area (Å²) < 4.78 is 15.6. The predicted octanol–water partition coefficient (Wildman–Crippen LogP) is 1.80. The number of nitrogens with one attached hydrogen (secondary N) is 1. The van der Waals surface area contributed by atoms with Gasteiger partial charge in [-0.3, -0.25) is 9.00 Å². The average Bonchev–Trinajstić information content (AvgIpc) is 2.28. The largest absolute Gasteiger partial charge is 0.468 e. The van der Waals surface area contributed by atoms with Crippen molar-refractivity contribution < 1.29 is 13.7 Å². The molecule has 1 aromatic rings. The number of benzene rings is 1. The Balaban J connectivity index is 2.76. The standard InChI is InChI=1S/C11H14ClNO3S/c1-16-11(14)6-13-10-5-8(7-17(2)15)3-4-9(10)12/h3-5,13H,6-7H2,1-2H3/t17-/m0/s1. The summed E-state index contributed by atoms with van der Waals surface area (Å²) in [7, 11) is 0.413. The van der Waals surface area contributed by atoms with E-state index in [-0.39, 0.29) is 12.5 Å². The second kappa shape index (κ2) is 6.61. The van der Waals surface area contributed by atoms with Crippen molar-refractivity contribution in [2.24, 2.45) is 0 Å². The molecule has 0 aliphatic rings. The minimum atomic E-state index is -0.908. The quantitative estimate of drug-likeness (QED) is 0.833. The van der Waals surface area contributed by atoms with Crippen molar-refractivity contribution >= 4 is 34.1 Å². The second-order valence-corrected chi connectivity index (χ2v) is 5.30. The molecule has 0 saturated heterocycles. The van der Waals surface area contributed by atoms with E-state index in [1.54, 1.807) is 18.4 Å². The molecule has 0 unspecified atom stereocenters. The molecule has 0 saturated carbocycles. The van der Waals surface area contributed by atoms with Crippen LogP contribution in [-0.4, -0.2) is 30.1 Å². The van der Waals surface area contributed by atoms with Crippen LogP contribution in [0.15, 0.2) is 18.2 Å². The van der Waals surface area contributed by atoms with Gasteiger partial charge < -0.3 is 10.1 Å². The van der Waals surface area contributed by atoms with Crippen LogP contribution in [0.5, 0.6) is 0 Å². The predicted molar refractivity (Wildman–Crippen MR) is 69.7 cm³/mol. The van der Waals surface area contributed by atoms with Gasteiger partial charge in [-0.1, -0.05) is 17.7 Å². The Morgan fingerprint density at radius 3 is 2.82 bits per heavy atom. The highest BCUT2D eigenvalue weighted by Gasteiger charge is 2.05. The molecule has 1 rings (SSSR count). The Bertz CT molecular complexity index is 437. The van der Waals surface area contributed by atoms with Crippen molar-refractivity contribution in [1.29, 1.82) is 0 Å². The third kappa shape index (κ3) is 4.75. The SMILES string of the molecule is COC(=O)CNc1cc(C[S@](C)=O)ccc1Cl. The number of methoxy groups -OCH3 is 1. The zero-order valence-corrected chi connectivity index (χ0v) is 11.2.